The largest absolute Gasteiger partial charge is 0.353 e. The van der Waals surface area contributed by atoms with E-state index in [9.17, 15) is 4.79 Å². The Kier molecular flexibility index (Phi) is 3.99. The zero-order valence-electron chi connectivity index (χ0n) is 9.27. The normalized spacial score (nSPS) is 27.3. The quantitative estimate of drug-likeness (QED) is 0.778. The molecule has 0 aliphatic heterocycles. The van der Waals surface area contributed by atoms with Crippen LogP contribution in [0, 0.1) is 11.3 Å². The number of halogens is 1. The van der Waals surface area contributed by atoms with Gasteiger partial charge < -0.3 is 5.32 Å². The van der Waals surface area contributed by atoms with Gasteiger partial charge in [-0.05, 0) is 25.2 Å². The van der Waals surface area contributed by atoms with E-state index in [2.05, 4.69) is 35.1 Å². The van der Waals surface area contributed by atoms with Crippen LogP contribution in [0.2, 0.25) is 0 Å². The lowest BCUT2D eigenvalue weighted by molar-refractivity contribution is -0.128. The Morgan fingerprint density at radius 1 is 1.64 bits per heavy atom. The second-order valence-corrected chi connectivity index (χ2v) is 5.64. The summed E-state index contributed by atoms with van der Waals surface area (Å²) < 4.78 is 0. The number of hydrogen-bond donors (Lipinski definition) is 1. The number of rotatable bonds is 3. The molecule has 1 saturated carbocycles. The summed E-state index contributed by atoms with van der Waals surface area (Å²) in [6, 6.07) is 0.235. The van der Waals surface area contributed by atoms with Gasteiger partial charge in [-0.25, -0.2) is 0 Å². The zero-order chi connectivity index (χ0) is 10.8. The van der Waals surface area contributed by atoms with Crippen LogP contribution in [0.25, 0.3) is 0 Å². The molecule has 1 amide bonds. The summed E-state index contributed by atoms with van der Waals surface area (Å²) in [5, 5.41) is 3.87. The van der Waals surface area contributed by atoms with E-state index >= 15 is 0 Å². The van der Waals surface area contributed by atoms with Crippen LogP contribution in [-0.2, 0) is 4.79 Å². The van der Waals surface area contributed by atoms with Crippen LogP contribution < -0.4 is 5.32 Å². The maximum atomic E-state index is 11.9. The fraction of sp³-hybridized carbons (Fsp3) is 0.909. The number of alkyl halides is 1. The number of hydrogen-bond acceptors (Lipinski definition) is 1. The minimum absolute atomic E-state index is 0.191. The third-order valence-electron chi connectivity index (χ3n) is 3.19. The van der Waals surface area contributed by atoms with Crippen molar-refractivity contribution in [3.05, 3.63) is 0 Å². The van der Waals surface area contributed by atoms with Crippen molar-refractivity contribution in [2.75, 3.05) is 5.33 Å². The average molecular weight is 262 g/mol. The first-order chi connectivity index (χ1) is 6.47. The van der Waals surface area contributed by atoms with Gasteiger partial charge >= 0.3 is 0 Å². The molecule has 0 spiro atoms. The Morgan fingerprint density at radius 2 is 2.29 bits per heavy atom. The lowest BCUT2D eigenvalue weighted by atomic mass is 9.81. The predicted octanol–water partition coefficient (Wildman–Crippen LogP) is 2.71. The smallest absolute Gasteiger partial charge is 0.223 e. The number of carbonyl (C=O) groups is 1. The molecule has 2 unspecified atom stereocenters. The fourth-order valence-electron chi connectivity index (χ4n) is 2.19. The lowest BCUT2D eigenvalue weighted by Gasteiger charge is -2.27. The highest BCUT2D eigenvalue weighted by molar-refractivity contribution is 9.09. The maximum absolute atomic E-state index is 11.9. The van der Waals surface area contributed by atoms with Gasteiger partial charge in [0.05, 0.1) is 0 Å². The second kappa shape index (κ2) is 4.65. The molecule has 0 heterocycles. The van der Waals surface area contributed by atoms with Gasteiger partial charge in [-0.3, -0.25) is 4.79 Å². The highest BCUT2D eigenvalue weighted by Gasteiger charge is 2.39. The molecule has 1 aliphatic rings. The van der Waals surface area contributed by atoms with Gasteiger partial charge in [-0.15, -0.1) is 0 Å². The molecule has 3 heteroatoms. The van der Waals surface area contributed by atoms with Crippen molar-refractivity contribution in [2.24, 2.45) is 11.3 Å². The van der Waals surface area contributed by atoms with Gasteiger partial charge in [0.25, 0.3) is 0 Å². The minimum Gasteiger partial charge on any atom is -0.353 e. The lowest BCUT2D eigenvalue weighted by Crippen LogP contribution is -2.41. The number of amides is 1. The molecule has 1 rings (SSSR count). The highest BCUT2D eigenvalue weighted by atomic mass is 79.9. The fourth-order valence-corrected chi connectivity index (χ4v) is 2.36. The SMILES string of the molecule is CC(CBr)NC(=O)C1CCCC1(C)C. The highest BCUT2D eigenvalue weighted by Crippen LogP contribution is 2.42. The van der Waals surface area contributed by atoms with Crippen LogP contribution in [0.3, 0.4) is 0 Å². The summed E-state index contributed by atoms with van der Waals surface area (Å²) >= 11 is 3.37. The first kappa shape index (κ1) is 12.0. The molecule has 1 fully saturated rings. The van der Waals surface area contributed by atoms with Gasteiger partial charge in [0.1, 0.15) is 0 Å². The monoisotopic (exact) mass is 261 g/mol. The van der Waals surface area contributed by atoms with Gasteiger partial charge in [-0.1, -0.05) is 36.2 Å². The third kappa shape index (κ3) is 2.72. The molecule has 14 heavy (non-hydrogen) atoms. The van der Waals surface area contributed by atoms with Gasteiger partial charge in [0.2, 0.25) is 5.91 Å². The molecule has 0 bridgehead atoms. The van der Waals surface area contributed by atoms with Crippen molar-refractivity contribution >= 4 is 21.8 Å². The summed E-state index contributed by atoms with van der Waals surface area (Å²) in [6.45, 7) is 6.42. The van der Waals surface area contributed by atoms with Crippen LogP contribution >= 0.6 is 15.9 Å². The standard InChI is InChI=1S/C11H20BrNO/c1-8(7-12)13-10(14)9-5-4-6-11(9,2)3/h8-9H,4-7H2,1-3H3,(H,13,14). The average Bonchev–Trinajstić information content (AvgIpc) is 2.45. The van der Waals surface area contributed by atoms with E-state index in [-0.39, 0.29) is 23.3 Å². The van der Waals surface area contributed by atoms with Crippen molar-refractivity contribution in [1.82, 2.24) is 5.32 Å². The van der Waals surface area contributed by atoms with Crippen molar-refractivity contribution < 1.29 is 4.79 Å². The summed E-state index contributed by atoms with van der Waals surface area (Å²) in [6.07, 6.45) is 3.41. The number of nitrogens with one attached hydrogen (secondary N) is 1. The molecule has 0 aromatic carbocycles. The summed E-state index contributed by atoms with van der Waals surface area (Å²) in [4.78, 5) is 11.9. The van der Waals surface area contributed by atoms with Crippen LogP contribution in [-0.4, -0.2) is 17.3 Å². The first-order valence-corrected chi connectivity index (χ1v) is 6.46. The van der Waals surface area contributed by atoms with E-state index < -0.39 is 0 Å². The van der Waals surface area contributed by atoms with E-state index in [1.807, 2.05) is 6.92 Å². The Balaban J connectivity index is 2.52. The molecule has 82 valence electrons. The van der Waals surface area contributed by atoms with Crippen LogP contribution in [0.15, 0.2) is 0 Å². The Bertz CT molecular complexity index is 215. The predicted molar refractivity (Wildman–Crippen MR) is 62.5 cm³/mol. The molecule has 2 atom stereocenters. The Labute approximate surface area is 95.0 Å². The second-order valence-electron chi connectivity index (χ2n) is 5.00. The molecule has 0 saturated heterocycles. The van der Waals surface area contributed by atoms with Crippen LogP contribution in [0.1, 0.15) is 40.0 Å². The Morgan fingerprint density at radius 3 is 2.71 bits per heavy atom. The maximum Gasteiger partial charge on any atom is 0.223 e. The van der Waals surface area contributed by atoms with E-state index in [0.717, 1.165) is 11.8 Å². The van der Waals surface area contributed by atoms with Gasteiger partial charge in [-0.2, -0.15) is 0 Å². The molecular weight excluding hydrogens is 242 g/mol. The van der Waals surface area contributed by atoms with E-state index in [0.29, 0.717) is 0 Å². The molecular formula is C11H20BrNO. The van der Waals surface area contributed by atoms with Crippen molar-refractivity contribution in [1.29, 1.82) is 0 Å². The van der Waals surface area contributed by atoms with Gasteiger partial charge in [0, 0.05) is 17.3 Å². The first-order valence-electron chi connectivity index (χ1n) is 5.33. The summed E-state index contributed by atoms with van der Waals surface area (Å²) in [7, 11) is 0. The molecule has 0 radical (unpaired) electrons. The third-order valence-corrected chi connectivity index (χ3v) is 4.17. The minimum atomic E-state index is 0.191. The van der Waals surface area contributed by atoms with Crippen molar-refractivity contribution in [2.45, 2.75) is 46.1 Å². The zero-order valence-corrected chi connectivity index (χ0v) is 10.9. The number of carbonyl (C=O) groups excluding carboxylic acids is 1. The molecule has 1 aliphatic carbocycles. The van der Waals surface area contributed by atoms with E-state index in [4.69, 9.17) is 0 Å². The van der Waals surface area contributed by atoms with Crippen molar-refractivity contribution in [3.63, 3.8) is 0 Å². The molecule has 2 nitrogen and oxygen atoms in total. The van der Waals surface area contributed by atoms with Gasteiger partial charge in [0.15, 0.2) is 0 Å². The Hall–Kier alpha value is -0.0500. The topological polar surface area (TPSA) is 29.1 Å². The van der Waals surface area contributed by atoms with E-state index in [1.165, 1.54) is 12.8 Å². The molecule has 0 aromatic rings. The van der Waals surface area contributed by atoms with Crippen LogP contribution in [0.5, 0.6) is 0 Å². The molecule has 0 aromatic heterocycles. The van der Waals surface area contributed by atoms with Crippen LogP contribution in [0.4, 0.5) is 0 Å². The van der Waals surface area contributed by atoms with Crippen molar-refractivity contribution in [3.8, 4) is 0 Å². The molecule has 1 N–H and O–H groups in total. The summed E-state index contributed by atoms with van der Waals surface area (Å²) in [5.41, 5.74) is 0.191. The van der Waals surface area contributed by atoms with E-state index in [1.54, 1.807) is 0 Å². The summed E-state index contributed by atoms with van der Waals surface area (Å²) in [5.74, 6) is 0.448.